The summed E-state index contributed by atoms with van der Waals surface area (Å²) in [4.78, 5) is 16.6. The van der Waals surface area contributed by atoms with Gasteiger partial charge in [-0.05, 0) is 39.3 Å². The van der Waals surface area contributed by atoms with Gasteiger partial charge in [0.1, 0.15) is 5.76 Å². The van der Waals surface area contributed by atoms with Crippen LogP contribution in [0.5, 0.6) is 0 Å². The van der Waals surface area contributed by atoms with Crippen molar-refractivity contribution in [3.63, 3.8) is 0 Å². The number of amides is 1. The minimum atomic E-state index is -0.0280. The second kappa shape index (κ2) is 5.42. The van der Waals surface area contributed by atoms with Gasteiger partial charge in [0, 0.05) is 32.9 Å². The highest BCUT2D eigenvalue weighted by atomic mass is 16.5. The van der Waals surface area contributed by atoms with E-state index in [2.05, 4.69) is 17.1 Å². The summed E-state index contributed by atoms with van der Waals surface area (Å²) in [6.45, 7) is 5.22. The molecule has 1 aromatic heterocycles. The maximum Gasteiger partial charge on any atom is 0.276 e. The molecule has 2 fully saturated rings. The molecule has 0 unspecified atom stereocenters. The van der Waals surface area contributed by atoms with Crippen LogP contribution in [-0.4, -0.2) is 66.8 Å². The second-order valence-corrected chi connectivity index (χ2v) is 6.44. The van der Waals surface area contributed by atoms with Gasteiger partial charge in [0.05, 0.1) is 5.54 Å². The standard InChI is InChI=1S/C15H23N3O3/c1-11-6-13(16-21-11)14(19)18-9-15(10-18)7-12(8-20-3)4-5-17(15)2/h6,12H,4-5,7-10H2,1-3H3/t12-/m0/s1. The molecule has 0 N–H and O–H groups in total. The van der Waals surface area contributed by atoms with Gasteiger partial charge in [0.15, 0.2) is 5.69 Å². The number of hydrogen-bond donors (Lipinski definition) is 0. The van der Waals surface area contributed by atoms with Crippen LogP contribution in [0.15, 0.2) is 10.6 Å². The van der Waals surface area contributed by atoms with Crippen LogP contribution in [0.3, 0.4) is 0 Å². The van der Waals surface area contributed by atoms with E-state index < -0.39 is 0 Å². The van der Waals surface area contributed by atoms with Crippen LogP contribution in [0.4, 0.5) is 0 Å². The zero-order valence-corrected chi connectivity index (χ0v) is 13.0. The minimum absolute atomic E-state index is 0.0280. The largest absolute Gasteiger partial charge is 0.384 e. The topological polar surface area (TPSA) is 58.8 Å². The van der Waals surface area contributed by atoms with E-state index in [-0.39, 0.29) is 11.4 Å². The van der Waals surface area contributed by atoms with Gasteiger partial charge in [-0.2, -0.15) is 0 Å². The average Bonchev–Trinajstić information content (AvgIpc) is 2.85. The normalized spacial score (nSPS) is 25.1. The van der Waals surface area contributed by atoms with Crippen molar-refractivity contribution >= 4 is 5.91 Å². The fourth-order valence-corrected chi connectivity index (χ4v) is 3.59. The van der Waals surface area contributed by atoms with Gasteiger partial charge in [-0.15, -0.1) is 0 Å². The molecule has 1 amide bonds. The Morgan fingerprint density at radius 1 is 1.57 bits per heavy atom. The van der Waals surface area contributed by atoms with Crippen molar-refractivity contribution in [2.24, 2.45) is 5.92 Å². The van der Waals surface area contributed by atoms with Gasteiger partial charge < -0.3 is 14.2 Å². The van der Waals surface area contributed by atoms with Crippen LogP contribution in [0.1, 0.15) is 29.1 Å². The monoisotopic (exact) mass is 293 g/mol. The van der Waals surface area contributed by atoms with E-state index in [0.717, 1.165) is 32.7 Å². The number of carbonyl (C=O) groups excluding carboxylic acids is 1. The van der Waals surface area contributed by atoms with E-state index in [1.54, 1.807) is 20.1 Å². The molecule has 116 valence electrons. The number of likely N-dealkylation sites (N-methyl/N-ethyl adjacent to an activating group) is 1. The first-order chi connectivity index (χ1) is 10.0. The van der Waals surface area contributed by atoms with Gasteiger partial charge in [-0.3, -0.25) is 9.69 Å². The minimum Gasteiger partial charge on any atom is -0.384 e. The van der Waals surface area contributed by atoms with Gasteiger partial charge >= 0.3 is 0 Å². The smallest absolute Gasteiger partial charge is 0.276 e. The number of hydrogen-bond acceptors (Lipinski definition) is 5. The Morgan fingerprint density at radius 2 is 2.33 bits per heavy atom. The summed E-state index contributed by atoms with van der Waals surface area (Å²) in [6, 6.07) is 1.70. The summed E-state index contributed by atoms with van der Waals surface area (Å²) in [5.41, 5.74) is 0.532. The summed E-state index contributed by atoms with van der Waals surface area (Å²) < 4.78 is 10.3. The van der Waals surface area contributed by atoms with Crippen LogP contribution in [0.25, 0.3) is 0 Å². The predicted molar refractivity (Wildman–Crippen MR) is 77.1 cm³/mol. The van der Waals surface area contributed by atoms with Crippen LogP contribution >= 0.6 is 0 Å². The van der Waals surface area contributed by atoms with Crippen LogP contribution in [-0.2, 0) is 4.74 Å². The van der Waals surface area contributed by atoms with E-state index >= 15 is 0 Å². The summed E-state index contributed by atoms with van der Waals surface area (Å²) in [5.74, 6) is 1.24. The molecule has 6 nitrogen and oxygen atoms in total. The fourth-order valence-electron chi connectivity index (χ4n) is 3.59. The number of piperidine rings is 1. The summed E-state index contributed by atoms with van der Waals surface area (Å²) in [7, 11) is 3.92. The summed E-state index contributed by atoms with van der Waals surface area (Å²) in [5, 5.41) is 3.82. The third-order valence-electron chi connectivity index (χ3n) is 4.86. The molecule has 0 bridgehead atoms. The predicted octanol–water partition coefficient (Wildman–Crippen LogP) is 1.17. The van der Waals surface area contributed by atoms with Crippen molar-refractivity contribution in [2.45, 2.75) is 25.3 Å². The van der Waals surface area contributed by atoms with Crippen LogP contribution in [0, 0.1) is 12.8 Å². The van der Waals surface area contributed by atoms with Crippen LogP contribution < -0.4 is 0 Å². The molecular formula is C15H23N3O3. The summed E-state index contributed by atoms with van der Waals surface area (Å²) in [6.07, 6.45) is 2.27. The Balaban J connectivity index is 1.64. The lowest BCUT2D eigenvalue weighted by atomic mass is 9.75. The van der Waals surface area contributed by atoms with E-state index in [4.69, 9.17) is 9.26 Å². The maximum atomic E-state index is 12.3. The molecule has 1 atom stereocenters. The molecule has 6 heteroatoms. The number of likely N-dealkylation sites (tertiary alicyclic amines) is 2. The van der Waals surface area contributed by atoms with E-state index in [1.165, 1.54) is 6.42 Å². The Bertz CT molecular complexity index is 522. The lowest BCUT2D eigenvalue weighted by Gasteiger charge is -2.58. The lowest BCUT2D eigenvalue weighted by Crippen LogP contribution is -2.72. The molecule has 1 aromatic rings. The van der Waals surface area contributed by atoms with Gasteiger partial charge in [0.2, 0.25) is 0 Å². The number of methoxy groups -OCH3 is 1. The Hall–Kier alpha value is -1.40. The van der Waals surface area contributed by atoms with Gasteiger partial charge in [0.25, 0.3) is 5.91 Å². The van der Waals surface area contributed by atoms with E-state index in [1.807, 2.05) is 4.90 Å². The first kappa shape index (κ1) is 14.5. The SMILES string of the molecule is COC[C@H]1CCN(C)C2(C1)CN(C(=O)c1cc(C)on1)C2. The Kier molecular flexibility index (Phi) is 3.75. The molecule has 1 spiro atoms. The second-order valence-electron chi connectivity index (χ2n) is 6.44. The molecule has 0 aromatic carbocycles. The average molecular weight is 293 g/mol. The number of carbonyl (C=O) groups is 1. The highest BCUT2D eigenvalue weighted by molar-refractivity contribution is 5.93. The highest BCUT2D eigenvalue weighted by Gasteiger charge is 2.51. The van der Waals surface area contributed by atoms with Crippen molar-refractivity contribution in [2.75, 3.05) is 40.4 Å². The zero-order valence-electron chi connectivity index (χ0n) is 13.0. The number of aryl methyl sites for hydroxylation is 1. The summed E-state index contributed by atoms with van der Waals surface area (Å²) >= 11 is 0. The third-order valence-corrected chi connectivity index (χ3v) is 4.86. The van der Waals surface area contributed by atoms with Crippen molar-refractivity contribution in [3.8, 4) is 0 Å². The number of aromatic nitrogens is 1. The van der Waals surface area contributed by atoms with Gasteiger partial charge in [-0.25, -0.2) is 0 Å². The van der Waals surface area contributed by atoms with Crippen molar-refractivity contribution in [1.29, 1.82) is 0 Å². The van der Waals surface area contributed by atoms with E-state index in [0.29, 0.717) is 17.4 Å². The van der Waals surface area contributed by atoms with Gasteiger partial charge in [-0.1, -0.05) is 5.16 Å². The zero-order chi connectivity index (χ0) is 15.0. The molecule has 2 aliphatic rings. The quantitative estimate of drug-likeness (QED) is 0.837. The first-order valence-electron chi connectivity index (χ1n) is 7.47. The molecule has 0 aliphatic carbocycles. The van der Waals surface area contributed by atoms with Crippen LogP contribution in [0.2, 0.25) is 0 Å². The molecule has 0 radical (unpaired) electrons. The number of rotatable bonds is 3. The van der Waals surface area contributed by atoms with Crippen molar-refractivity contribution in [3.05, 3.63) is 17.5 Å². The molecule has 2 saturated heterocycles. The van der Waals surface area contributed by atoms with E-state index in [9.17, 15) is 4.79 Å². The Labute approximate surface area is 125 Å². The molecule has 3 rings (SSSR count). The molecular weight excluding hydrogens is 270 g/mol. The molecule has 21 heavy (non-hydrogen) atoms. The number of ether oxygens (including phenoxy) is 1. The van der Waals surface area contributed by atoms with Crippen molar-refractivity contribution < 1.29 is 14.1 Å². The first-order valence-corrected chi connectivity index (χ1v) is 7.47. The molecule has 0 saturated carbocycles. The van der Waals surface area contributed by atoms with Crippen molar-refractivity contribution in [1.82, 2.24) is 15.0 Å². The number of nitrogens with zero attached hydrogens (tertiary/aromatic N) is 3. The lowest BCUT2D eigenvalue weighted by molar-refractivity contribution is -0.0733. The Morgan fingerprint density at radius 3 is 2.95 bits per heavy atom. The molecule has 2 aliphatic heterocycles. The molecule has 3 heterocycles. The highest BCUT2D eigenvalue weighted by Crippen LogP contribution is 2.38. The maximum absolute atomic E-state index is 12.3. The fraction of sp³-hybridized carbons (Fsp3) is 0.733. The third kappa shape index (κ3) is 2.58.